The van der Waals surface area contributed by atoms with E-state index in [-0.39, 0.29) is 0 Å². The largest absolute Gasteiger partial charge is 0.398 e. The number of rotatable bonds is 2. The summed E-state index contributed by atoms with van der Waals surface area (Å²) in [6.45, 7) is 0.498. The van der Waals surface area contributed by atoms with Gasteiger partial charge in [-0.05, 0) is 18.6 Å². The Labute approximate surface area is 100 Å². The zero-order valence-electron chi connectivity index (χ0n) is 9.51. The molecule has 92 valence electrons. The summed E-state index contributed by atoms with van der Waals surface area (Å²) in [5.74, 6) is -0.849. The maximum Gasteiger partial charge on any atom is 0.242 e. The Morgan fingerprint density at radius 3 is 2.82 bits per heavy atom. The number of nitrogens with two attached hydrogens (primary N) is 1. The third-order valence-electron chi connectivity index (χ3n) is 2.75. The number of sulfone groups is 1. The fourth-order valence-corrected chi connectivity index (χ4v) is 2.63. The van der Waals surface area contributed by atoms with Gasteiger partial charge in [0.05, 0.1) is 0 Å². The molecule has 0 radical (unpaired) electrons. The second-order valence-electron chi connectivity index (χ2n) is 4.21. The second-order valence-corrected chi connectivity index (χ2v) is 6.35. The molecule has 5 nitrogen and oxygen atoms in total. The van der Waals surface area contributed by atoms with Crippen molar-refractivity contribution in [3.05, 3.63) is 23.8 Å². The van der Waals surface area contributed by atoms with E-state index in [1.54, 1.807) is 18.2 Å². The maximum atomic E-state index is 11.8. The Hall–Kier alpha value is -1.56. The van der Waals surface area contributed by atoms with E-state index in [9.17, 15) is 13.2 Å². The number of nitrogens with zero attached hydrogens (tertiary/aromatic N) is 1. The van der Waals surface area contributed by atoms with Crippen LogP contribution in [0.1, 0.15) is 5.56 Å². The van der Waals surface area contributed by atoms with Crippen molar-refractivity contribution >= 4 is 27.1 Å². The molecule has 0 spiro atoms. The van der Waals surface area contributed by atoms with Crippen molar-refractivity contribution in [1.82, 2.24) is 0 Å². The minimum absolute atomic E-state index is 0.392. The summed E-state index contributed by atoms with van der Waals surface area (Å²) in [6, 6.07) is 5.34. The fourth-order valence-electron chi connectivity index (χ4n) is 2.02. The van der Waals surface area contributed by atoms with Gasteiger partial charge in [-0.1, -0.05) is 6.07 Å². The van der Waals surface area contributed by atoms with Crippen molar-refractivity contribution in [3.63, 3.8) is 0 Å². The van der Waals surface area contributed by atoms with Crippen molar-refractivity contribution in [2.45, 2.75) is 6.42 Å². The number of anilines is 2. The van der Waals surface area contributed by atoms with Crippen LogP contribution in [-0.4, -0.2) is 32.9 Å². The zero-order chi connectivity index (χ0) is 12.6. The van der Waals surface area contributed by atoms with Crippen LogP contribution >= 0.6 is 0 Å². The SMILES string of the molecule is CS(=O)(=O)CC(=O)N1CCc2c(N)cccc21. The molecule has 1 aliphatic rings. The predicted molar refractivity (Wildman–Crippen MR) is 66.6 cm³/mol. The number of carbonyl (C=O) groups is 1. The molecule has 1 aromatic carbocycles. The van der Waals surface area contributed by atoms with Gasteiger partial charge in [-0.15, -0.1) is 0 Å². The van der Waals surface area contributed by atoms with Crippen LogP contribution in [0.15, 0.2) is 18.2 Å². The molecule has 1 aromatic rings. The fraction of sp³-hybridized carbons (Fsp3) is 0.364. The number of nitrogen functional groups attached to an aromatic ring is 1. The van der Waals surface area contributed by atoms with E-state index in [1.807, 2.05) is 0 Å². The quantitative estimate of drug-likeness (QED) is 0.765. The molecule has 2 rings (SSSR count). The molecule has 0 saturated heterocycles. The molecule has 0 bridgehead atoms. The highest BCUT2D eigenvalue weighted by atomic mass is 32.2. The van der Waals surface area contributed by atoms with Crippen molar-refractivity contribution in [1.29, 1.82) is 0 Å². The Morgan fingerprint density at radius 2 is 2.18 bits per heavy atom. The molecule has 0 saturated carbocycles. The molecular formula is C11H14N2O3S. The van der Waals surface area contributed by atoms with E-state index in [0.717, 1.165) is 17.5 Å². The number of hydrogen-bond acceptors (Lipinski definition) is 4. The number of fused-ring (bicyclic) bond motifs is 1. The van der Waals surface area contributed by atoms with Crippen molar-refractivity contribution in [3.8, 4) is 0 Å². The van der Waals surface area contributed by atoms with Crippen molar-refractivity contribution < 1.29 is 13.2 Å². The van der Waals surface area contributed by atoms with Crippen LogP contribution in [0.25, 0.3) is 0 Å². The molecule has 0 unspecified atom stereocenters. The number of carbonyl (C=O) groups excluding carboxylic acids is 1. The van der Waals surface area contributed by atoms with Gasteiger partial charge in [-0.25, -0.2) is 8.42 Å². The van der Waals surface area contributed by atoms with Crippen LogP contribution in [0.5, 0.6) is 0 Å². The van der Waals surface area contributed by atoms with Gasteiger partial charge in [-0.2, -0.15) is 0 Å². The smallest absolute Gasteiger partial charge is 0.242 e. The number of benzene rings is 1. The van der Waals surface area contributed by atoms with Gasteiger partial charge >= 0.3 is 0 Å². The number of hydrogen-bond donors (Lipinski definition) is 1. The lowest BCUT2D eigenvalue weighted by molar-refractivity contribution is -0.116. The summed E-state index contributed by atoms with van der Waals surface area (Å²) in [4.78, 5) is 13.3. The zero-order valence-corrected chi connectivity index (χ0v) is 10.3. The van der Waals surface area contributed by atoms with Gasteiger partial charge in [-0.3, -0.25) is 4.79 Å². The van der Waals surface area contributed by atoms with E-state index < -0.39 is 21.5 Å². The molecule has 0 atom stereocenters. The third-order valence-corrected chi connectivity index (χ3v) is 3.52. The van der Waals surface area contributed by atoms with Gasteiger partial charge in [0.1, 0.15) is 5.75 Å². The standard InChI is InChI=1S/C11H14N2O3S/c1-17(15,16)7-11(14)13-6-5-8-9(12)3-2-4-10(8)13/h2-4H,5-7,12H2,1H3. The van der Waals surface area contributed by atoms with Gasteiger partial charge in [0.15, 0.2) is 9.84 Å². The van der Waals surface area contributed by atoms with Crippen LogP contribution in [0, 0.1) is 0 Å². The van der Waals surface area contributed by atoms with Crippen LogP contribution < -0.4 is 10.6 Å². The Bertz CT molecular complexity index is 566. The first-order chi connectivity index (χ1) is 7.88. The molecule has 2 N–H and O–H groups in total. The lowest BCUT2D eigenvalue weighted by Gasteiger charge is -2.16. The Balaban J connectivity index is 2.29. The highest BCUT2D eigenvalue weighted by Crippen LogP contribution is 2.32. The molecule has 1 amide bonds. The third kappa shape index (κ3) is 2.41. The van der Waals surface area contributed by atoms with E-state index in [1.165, 1.54) is 4.90 Å². The van der Waals surface area contributed by atoms with Crippen LogP contribution in [-0.2, 0) is 21.1 Å². The lowest BCUT2D eigenvalue weighted by atomic mass is 10.1. The minimum atomic E-state index is -3.30. The summed E-state index contributed by atoms with van der Waals surface area (Å²) in [5.41, 5.74) is 8.12. The summed E-state index contributed by atoms with van der Waals surface area (Å²) in [6.07, 6.45) is 1.73. The topological polar surface area (TPSA) is 80.5 Å². The van der Waals surface area contributed by atoms with Gasteiger partial charge < -0.3 is 10.6 Å². The summed E-state index contributed by atoms with van der Waals surface area (Å²) in [7, 11) is -3.30. The van der Waals surface area contributed by atoms with E-state index in [4.69, 9.17) is 5.73 Å². The van der Waals surface area contributed by atoms with Crippen molar-refractivity contribution in [2.75, 3.05) is 29.2 Å². The molecule has 1 heterocycles. The normalized spacial score (nSPS) is 14.8. The van der Waals surface area contributed by atoms with Crippen molar-refractivity contribution in [2.24, 2.45) is 0 Å². The van der Waals surface area contributed by atoms with Gasteiger partial charge in [0, 0.05) is 29.7 Å². The first-order valence-electron chi connectivity index (χ1n) is 5.24. The molecule has 6 heteroatoms. The first-order valence-corrected chi connectivity index (χ1v) is 7.30. The van der Waals surface area contributed by atoms with Crippen LogP contribution in [0.3, 0.4) is 0 Å². The first kappa shape index (κ1) is 11.9. The molecule has 17 heavy (non-hydrogen) atoms. The monoisotopic (exact) mass is 254 g/mol. The second kappa shape index (κ2) is 4.03. The summed E-state index contributed by atoms with van der Waals surface area (Å²) < 4.78 is 22.2. The summed E-state index contributed by atoms with van der Waals surface area (Å²) in [5, 5.41) is 0. The summed E-state index contributed by atoms with van der Waals surface area (Å²) >= 11 is 0. The lowest BCUT2D eigenvalue weighted by Crippen LogP contribution is -2.34. The highest BCUT2D eigenvalue weighted by molar-refractivity contribution is 7.91. The number of amides is 1. The molecule has 0 aromatic heterocycles. The Kier molecular flexibility index (Phi) is 2.82. The van der Waals surface area contributed by atoms with Crippen LogP contribution in [0.4, 0.5) is 11.4 Å². The maximum absolute atomic E-state index is 11.8. The van der Waals surface area contributed by atoms with E-state index in [0.29, 0.717) is 18.7 Å². The average Bonchev–Trinajstić information content (AvgIpc) is 2.60. The highest BCUT2D eigenvalue weighted by Gasteiger charge is 2.27. The minimum Gasteiger partial charge on any atom is -0.398 e. The van der Waals surface area contributed by atoms with Crippen LogP contribution in [0.2, 0.25) is 0 Å². The molecule has 0 aliphatic carbocycles. The van der Waals surface area contributed by atoms with Gasteiger partial charge in [0.25, 0.3) is 0 Å². The Morgan fingerprint density at radius 1 is 1.47 bits per heavy atom. The molecule has 0 fully saturated rings. The molecular weight excluding hydrogens is 240 g/mol. The van der Waals surface area contributed by atoms with E-state index in [2.05, 4.69) is 0 Å². The predicted octanol–water partition coefficient (Wildman–Crippen LogP) is 0.203. The van der Waals surface area contributed by atoms with E-state index >= 15 is 0 Å². The molecule has 1 aliphatic heterocycles. The van der Waals surface area contributed by atoms with Gasteiger partial charge in [0.2, 0.25) is 5.91 Å². The average molecular weight is 254 g/mol.